The molecule has 148 valence electrons. The van der Waals surface area contributed by atoms with Crippen LogP contribution in [0.25, 0.3) is 0 Å². The molecule has 0 amide bonds. The molecule has 1 N–H and O–H groups in total. The molecule has 2 fully saturated rings. The summed E-state index contributed by atoms with van der Waals surface area (Å²) in [5.74, 6) is 3.97. The molecule has 0 radical (unpaired) electrons. The molecule has 1 aliphatic carbocycles. The molecule has 2 aromatic rings. The molecule has 0 spiro atoms. The van der Waals surface area contributed by atoms with E-state index < -0.39 is 12.0 Å². The van der Waals surface area contributed by atoms with E-state index in [0.29, 0.717) is 16.6 Å². The molecule has 0 bridgehead atoms. The molecule has 8 heteroatoms. The van der Waals surface area contributed by atoms with E-state index in [4.69, 9.17) is 16.7 Å². The molecule has 5 nitrogen and oxygen atoms in total. The van der Waals surface area contributed by atoms with Crippen LogP contribution in [0.15, 0.2) is 24.7 Å². The zero-order valence-electron chi connectivity index (χ0n) is 15.3. The molecule has 1 saturated carbocycles. The minimum absolute atomic E-state index is 0.168. The Kier molecular flexibility index (Phi) is 5.26. The average molecular weight is 407 g/mol. The van der Waals surface area contributed by atoms with E-state index in [1.807, 2.05) is 6.07 Å². The van der Waals surface area contributed by atoms with Crippen LogP contribution in [-0.4, -0.2) is 45.5 Å². The highest BCUT2D eigenvalue weighted by atomic mass is 35.5. The third kappa shape index (κ3) is 4.13. The van der Waals surface area contributed by atoms with E-state index in [9.17, 15) is 8.78 Å². The van der Waals surface area contributed by atoms with Crippen molar-refractivity contribution in [3.05, 3.63) is 40.9 Å². The summed E-state index contributed by atoms with van der Waals surface area (Å²) in [6, 6.07) is 0.961. The number of hydrogen-bond donors (Lipinski definition) is 1. The number of nitrogens with zero attached hydrogens (tertiary/aromatic N) is 4. The Morgan fingerprint density at radius 3 is 2.68 bits per heavy atom. The van der Waals surface area contributed by atoms with E-state index in [1.165, 1.54) is 10.9 Å². The van der Waals surface area contributed by atoms with Crippen molar-refractivity contribution < 1.29 is 13.9 Å². The number of anilines is 1. The van der Waals surface area contributed by atoms with Crippen LogP contribution in [0.2, 0.25) is 5.15 Å². The first-order chi connectivity index (χ1) is 13.5. The fraction of sp³-hybridized carbons (Fsp3) is 0.500. The summed E-state index contributed by atoms with van der Waals surface area (Å²) in [7, 11) is 0. The number of aromatic nitrogens is 3. The molecule has 2 aliphatic rings. The number of piperidine rings is 1. The Morgan fingerprint density at radius 2 is 2.00 bits per heavy atom. The van der Waals surface area contributed by atoms with Crippen molar-refractivity contribution >= 4 is 17.3 Å². The van der Waals surface area contributed by atoms with E-state index in [1.54, 1.807) is 12.4 Å². The summed E-state index contributed by atoms with van der Waals surface area (Å²) in [5.41, 5.74) is 2.26. The highest BCUT2D eigenvalue weighted by molar-refractivity contribution is 6.29. The minimum Gasteiger partial charge on any atom is -0.396 e. The minimum atomic E-state index is -2.66. The van der Waals surface area contributed by atoms with Gasteiger partial charge in [-0.05, 0) is 25.2 Å². The molecule has 2 aromatic heterocycles. The third-order valence-corrected chi connectivity index (χ3v) is 5.60. The Morgan fingerprint density at radius 1 is 1.25 bits per heavy atom. The number of aliphatic hydroxyl groups is 1. The second-order valence-corrected chi connectivity index (χ2v) is 7.79. The van der Waals surface area contributed by atoms with Crippen LogP contribution < -0.4 is 4.90 Å². The number of halogens is 3. The SMILES string of the molecule is OCCC1CCN(c2cc(Cl)ncc2C#Cc2cnn(C3CC3(F)F)c2)CC1. The summed E-state index contributed by atoms with van der Waals surface area (Å²) >= 11 is 6.10. The van der Waals surface area contributed by atoms with Gasteiger partial charge < -0.3 is 10.0 Å². The Bertz CT molecular complexity index is 912. The largest absolute Gasteiger partial charge is 0.396 e. The molecule has 0 aromatic carbocycles. The first-order valence-corrected chi connectivity index (χ1v) is 9.79. The fourth-order valence-electron chi connectivity index (χ4n) is 3.62. The molecule has 3 heterocycles. The van der Waals surface area contributed by atoms with Crippen LogP contribution in [-0.2, 0) is 0 Å². The second kappa shape index (κ2) is 7.69. The number of pyridine rings is 1. The molecule has 1 saturated heterocycles. The number of alkyl halides is 2. The van der Waals surface area contributed by atoms with Crippen molar-refractivity contribution in [3.63, 3.8) is 0 Å². The quantitative estimate of drug-likeness (QED) is 0.623. The summed E-state index contributed by atoms with van der Waals surface area (Å²) in [6.45, 7) is 1.96. The summed E-state index contributed by atoms with van der Waals surface area (Å²) in [6.07, 6.45) is 7.39. The van der Waals surface area contributed by atoms with Gasteiger partial charge in [-0.15, -0.1) is 0 Å². The van der Waals surface area contributed by atoms with Gasteiger partial charge in [-0.2, -0.15) is 5.10 Å². The van der Waals surface area contributed by atoms with Crippen LogP contribution in [0.1, 0.15) is 42.9 Å². The molecular formula is C20H21ClF2N4O. The van der Waals surface area contributed by atoms with Gasteiger partial charge in [-0.25, -0.2) is 13.8 Å². The van der Waals surface area contributed by atoms with Crippen molar-refractivity contribution in [1.82, 2.24) is 14.8 Å². The summed E-state index contributed by atoms with van der Waals surface area (Å²) in [5, 5.41) is 13.5. The molecule has 1 aliphatic heterocycles. The lowest BCUT2D eigenvalue weighted by Crippen LogP contribution is -2.34. The van der Waals surface area contributed by atoms with Crippen molar-refractivity contribution in [2.24, 2.45) is 5.92 Å². The summed E-state index contributed by atoms with van der Waals surface area (Å²) in [4.78, 5) is 6.37. The van der Waals surface area contributed by atoms with Crippen LogP contribution >= 0.6 is 11.6 Å². The standard InChI is InChI=1S/C20H21ClF2N4O/c21-19-9-17(26-6-3-14(4-7-26)5-8-28)16(12-24-19)2-1-15-11-25-27(13-15)18-10-20(18,22)23/h9,11-14,18,28H,3-8,10H2. The fourth-order valence-corrected chi connectivity index (χ4v) is 3.77. The lowest BCUT2D eigenvalue weighted by atomic mass is 9.93. The van der Waals surface area contributed by atoms with Crippen LogP contribution in [0, 0.1) is 17.8 Å². The van der Waals surface area contributed by atoms with E-state index >= 15 is 0 Å². The van der Waals surface area contributed by atoms with Crippen molar-refractivity contribution in [1.29, 1.82) is 0 Å². The number of aliphatic hydroxyl groups excluding tert-OH is 1. The Hall–Kier alpha value is -2.17. The monoisotopic (exact) mass is 406 g/mol. The zero-order valence-corrected chi connectivity index (χ0v) is 16.0. The molecular weight excluding hydrogens is 386 g/mol. The lowest BCUT2D eigenvalue weighted by molar-refractivity contribution is 0.0983. The van der Waals surface area contributed by atoms with E-state index in [0.717, 1.165) is 43.6 Å². The maximum Gasteiger partial charge on any atom is 0.272 e. The third-order valence-electron chi connectivity index (χ3n) is 5.40. The van der Waals surface area contributed by atoms with Gasteiger partial charge in [0.1, 0.15) is 11.2 Å². The highest BCUT2D eigenvalue weighted by Gasteiger charge is 2.59. The van der Waals surface area contributed by atoms with Crippen molar-refractivity contribution in [2.75, 3.05) is 24.6 Å². The second-order valence-electron chi connectivity index (χ2n) is 7.41. The molecule has 1 atom stereocenters. The van der Waals surface area contributed by atoms with Gasteiger partial charge in [-0.1, -0.05) is 23.4 Å². The van der Waals surface area contributed by atoms with Gasteiger partial charge in [0.2, 0.25) is 0 Å². The average Bonchev–Trinajstić information content (AvgIpc) is 3.10. The smallest absolute Gasteiger partial charge is 0.272 e. The number of rotatable bonds is 4. The Balaban J connectivity index is 1.51. The van der Waals surface area contributed by atoms with Gasteiger partial charge in [-0.3, -0.25) is 4.68 Å². The van der Waals surface area contributed by atoms with Crippen LogP contribution in [0.3, 0.4) is 0 Å². The van der Waals surface area contributed by atoms with Crippen molar-refractivity contribution in [3.8, 4) is 11.8 Å². The first kappa shape index (κ1) is 19.2. The maximum absolute atomic E-state index is 13.2. The molecule has 28 heavy (non-hydrogen) atoms. The normalized spacial score (nSPS) is 21.3. The summed E-state index contributed by atoms with van der Waals surface area (Å²) < 4.78 is 27.6. The zero-order chi connectivity index (χ0) is 19.7. The molecule has 1 unspecified atom stereocenters. The first-order valence-electron chi connectivity index (χ1n) is 9.41. The van der Waals surface area contributed by atoms with E-state index in [-0.39, 0.29) is 13.0 Å². The predicted octanol–water partition coefficient (Wildman–Crippen LogP) is 3.51. The maximum atomic E-state index is 13.2. The Labute approximate surface area is 167 Å². The van der Waals surface area contributed by atoms with Crippen LogP contribution in [0.5, 0.6) is 0 Å². The lowest BCUT2D eigenvalue weighted by Gasteiger charge is -2.34. The van der Waals surface area contributed by atoms with Crippen molar-refractivity contribution in [2.45, 2.75) is 37.6 Å². The topological polar surface area (TPSA) is 54.2 Å². The van der Waals surface area contributed by atoms with Gasteiger partial charge in [0.25, 0.3) is 5.92 Å². The molecule has 4 rings (SSSR count). The highest BCUT2D eigenvalue weighted by Crippen LogP contribution is 2.52. The number of hydrogen-bond acceptors (Lipinski definition) is 4. The van der Waals surface area contributed by atoms with Gasteiger partial charge in [0.05, 0.1) is 23.0 Å². The van der Waals surface area contributed by atoms with Gasteiger partial charge in [0, 0.05) is 44.6 Å². The predicted molar refractivity (Wildman–Crippen MR) is 103 cm³/mol. The van der Waals surface area contributed by atoms with E-state index in [2.05, 4.69) is 26.8 Å². The van der Waals surface area contributed by atoms with Crippen LogP contribution in [0.4, 0.5) is 14.5 Å². The van der Waals surface area contributed by atoms with Gasteiger partial charge >= 0.3 is 0 Å². The van der Waals surface area contributed by atoms with Gasteiger partial charge in [0.15, 0.2) is 0 Å².